The zero-order valence-electron chi connectivity index (χ0n) is 10.1. The van der Waals surface area contributed by atoms with Gasteiger partial charge in [-0.15, -0.1) is 11.8 Å². The highest BCUT2D eigenvalue weighted by molar-refractivity contribution is 7.99. The van der Waals surface area contributed by atoms with Crippen molar-refractivity contribution in [2.45, 2.75) is 25.3 Å². The highest BCUT2D eigenvalue weighted by Crippen LogP contribution is 2.26. The van der Waals surface area contributed by atoms with Crippen LogP contribution in [0.15, 0.2) is 17.3 Å². The molecule has 1 atom stereocenters. The summed E-state index contributed by atoms with van der Waals surface area (Å²) in [4.78, 5) is 24.8. The molecule has 0 aromatic carbocycles. The van der Waals surface area contributed by atoms with Crippen LogP contribution in [-0.2, 0) is 0 Å². The second-order valence-electron chi connectivity index (χ2n) is 3.93. The maximum absolute atomic E-state index is 11.0. The smallest absolute Gasteiger partial charge is 0.338 e. The first-order valence-corrected chi connectivity index (χ1v) is 6.44. The molecule has 0 aliphatic carbocycles. The van der Waals surface area contributed by atoms with Crippen LogP contribution in [0.4, 0.5) is 5.69 Å². The van der Waals surface area contributed by atoms with Crippen LogP contribution in [0.2, 0.25) is 0 Å². The van der Waals surface area contributed by atoms with Crippen molar-refractivity contribution in [1.82, 2.24) is 4.98 Å². The molecule has 0 saturated carbocycles. The molecule has 98 valence electrons. The molecular weight excluding hydrogens is 256 g/mol. The van der Waals surface area contributed by atoms with Crippen LogP contribution in [-0.4, -0.2) is 26.7 Å². The zero-order valence-corrected chi connectivity index (χ0v) is 10.9. The predicted octanol–water partition coefficient (Wildman–Crippen LogP) is 2.83. The van der Waals surface area contributed by atoms with Crippen LogP contribution in [0.1, 0.15) is 30.6 Å². The maximum Gasteiger partial charge on any atom is 0.338 e. The van der Waals surface area contributed by atoms with E-state index in [1.807, 2.05) is 6.92 Å². The fraction of sp³-hybridized carbons (Fsp3) is 0.455. The van der Waals surface area contributed by atoms with Gasteiger partial charge < -0.3 is 5.11 Å². The Morgan fingerprint density at radius 2 is 2.33 bits per heavy atom. The van der Waals surface area contributed by atoms with E-state index in [1.165, 1.54) is 11.8 Å². The average molecular weight is 270 g/mol. The summed E-state index contributed by atoms with van der Waals surface area (Å²) in [7, 11) is 0. The van der Waals surface area contributed by atoms with Gasteiger partial charge in [0.05, 0.1) is 10.5 Å². The minimum Gasteiger partial charge on any atom is -0.478 e. The number of aromatic nitrogens is 1. The summed E-state index contributed by atoms with van der Waals surface area (Å²) >= 11 is 1.31. The number of hydrogen-bond acceptors (Lipinski definition) is 5. The lowest BCUT2D eigenvalue weighted by atomic mass is 10.2. The molecule has 0 saturated heterocycles. The number of carbonyl (C=O) groups is 1. The summed E-state index contributed by atoms with van der Waals surface area (Å²) in [5, 5.41) is 19.9. The molecule has 0 amide bonds. The van der Waals surface area contributed by atoms with Crippen molar-refractivity contribution in [3.05, 3.63) is 27.9 Å². The van der Waals surface area contributed by atoms with E-state index in [0.717, 1.165) is 24.4 Å². The Kier molecular flexibility index (Phi) is 5.08. The number of rotatable bonds is 6. The van der Waals surface area contributed by atoms with Crippen LogP contribution < -0.4 is 0 Å². The van der Waals surface area contributed by atoms with E-state index in [-0.39, 0.29) is 11.3 Å². The van der Waals surface area contributed by atoms with Gasteiger partial charge >= 0.3 is 5.97 Å². The van der Waals surface area contributed by atoms with Crippen LogP contribution in [0.5, 0.6) is 0 Å². The summed E-state index contributed by atoms with van der Waals surface area (Å²) in [6.45, 7) is 4.10. The molecule has 18 heavy (non-hydrogen) atoms. The largest absolute Gasteiger partial charge is 0.478 e. The number of carboxylic acids is 1. The molecule has 1 rings (SSSR count). The first-order valence-electron chi connectivity index (χ1n) is 5.46. The lowest BCUT2D eigenvalue weighted by molar-refractivity contribution is -0.385. The maximum atomic E-state index is 11.0. The Balaban J connectivity index is 2.97. The van der Waals surface area contributed by atoms with Gasteiger partial charge in [0, 0.05) is 11.8 Å². The Bertz CT molecular complexity index is 464. The summed E-state index contributed by atoms with van der Waals surface area (Å²) < 4.78 is 0. The number of thioether (sulfide) groups is 1. The number of nitrogens with zero attached hydrogens (tertiary/aromatic N) is 2. The molecule has 0 fully saturated rings. The predicted molar refractivity (Wildman–Crippen MR) is 68.0 cm³/mol. The molecule has 0 spiro atoms. The Morgan fingerprint density at radius 1 is 1.67 bits per heavy atom. The summed E-state index contributed by atoms with van der Waals surface area (Å²) in [6.07, 6.45) is 2.08. The first kappa shape index (κ1) is 14.4. The number of hydrogen-bond donors (Lipinski definition) is 1. The Morgan fingerprint density at radius 3 is 2.83 bits per heavy atom. The lowest BCUT2D eigenvalue weighted by Crippen LogP contribution is -2.04. The van der Waals surface area contributed by atoms with Gasteiger partial charge in [0.2, 0.25) is 0 Å². The SMILES string of the molecule is CCC(C)CSc1ncc([N+](=O)[O-])cc1C(=O)O. The molecule has 0 bridgehead atoms. The van der Waals surface area contributed by atoms with E-state index in [1.54, 1.807) is 0 Å². The summed E-state index contributed by atoms with van der Waals surface area (Å²) in [5.41, 5.74) is -0.419. The Labute approximate surface area is 109 Å². The van der Waals surface area contributed by atoms with Gasteiger partial charge in [-0.3, -0.25) is 10.1 Å². The molecule has 1 heterocycles. The normalized spacial score (nSPS) is 12.1. The minimum atomic E-state index is -1.20. The van der Waals surface area contributed by atoms with Crippen LogP contribution in [0, 0.1) is 16.0 Å². The van der Waals surface area contributed by atoms with E-state index >= 15 is 0 Å². The number of aromatic carboxylic acids is 1. The highest BCUT2D eigenvalue weighted by Gasteiger charge is 2.18. The van der Waals surface area contributed by atoms with E-state index in [4.69, 9.17) is 5.11 Å². The quantitative estimate of drug-likeness (QED) is 0.485. The van der Waals surface area contributed by atoms with Gasteiger partial charge in [0.25, 0.3) is 5.69 Å². The van der Waals surface area contributed by atoms with Crippen molar-refractivity contribution in [3.63, 3.8) is 0 Å². The van der Waals surface area contributed by atoms with Crippen molar-refractivity contribution in [3.8, 4) is 0 Å². The van der Waals surface area contributed by atoms with Crippen LogP contribution in [0.3, 0.4) is 0 Å². The van der Waals surface area contributed by atoms with E-state index in [2.05, 4.69) is 11.9 Å². The molecular formula is C11H14N2O4S. The van der Waals surface area contributed by atoms with Crippen molar-refractivity contribution >= 4 is 23.4 Å². The first-order chi connectivity index (χ1) is 8.45. The number of pyridine rings is 1. The lowest BCUT2D eigenvalue weighted by Gasteiger charge is -2.08. The van der Waals surface area contributed by atoms with Crippen LogP contribution in [0.25, 0.3) is 0 Å². The van der Waals surface area contributed by atoms with Gasteiger partial charge in [-0.25, -0.2) is 9.78 Å². The fourth-order valence-electron chi connectivity index (χ4n) is 1.15. The van der Waals surface area contributed by atoms with E-state index < -0.39 is 10.9 Å². The molecule has 1 unspecified atom stereocenters. The third-order valence-corrected chi connectivity index (χ3v) is 3.81. The molecule has 6 nitrogen and oxygen atoms in total. The molecule has 1 aromatic heterocycles. The third-order valence-electron chi connectivity index (χ3n) is 2.48. The molecule has 0 aliphatic heterocycles. The number of carboxylic acid groups (broad SMARTS) is 1. The van der Waals surface area contributed by atoms with Crippen molar-refractivity contribution in [2.75, 3.05) is 5.75 Å². The van der Waals surface area contributed by atoms with E-state index in [0.29, 0.717) is 10.9 Å². The van der Waals surface area contributed by atoms with Crippen molar-refractivity contribution in [1.29, 1.82) is 0 Å². The summed E-state index contributed by atoms with van der Waals surface area (Å²) in [6, 6.07) is 1.05. The van der Waals surface area contributed by atoms with E-state index in [9.17, 15) is 14.9 Å². The standard InChI is InChI=1S/C11H14N2O4S/c1-3-7(2)6-18-10-9(11(14)15)4-8(5-12-10)13(16)17/h4-5,7H,3,6H2,1-2H3,(H,14,15). The molecule has 0 aliphatic rings. The fourth-order valence-corrected chi connectivity index (χ4v) is 2.26. The second kappa shape index (κ2) is 6.34. The zero-order chi connectivity index (χ0) is 13.7. The van der Waals surface area contributed by atoms with Gasteiger partial charge in [-0.05, 0) is 5.92 Å². The highest BCUT2D eigenvalue weighted by atomic mass is 32.2. The molecule has 0 radical (unpaired) electrons. The third kappa shape index (κ3) is 3.69. The van der Waals surface area contributed by atoms with Crippen molar-refractivity contribution < 1.29 is 14.8 Å². The van der Waals surface area contributed by atoms with Crippen molar-refractivity contribution in [2.24, 2.45) is 5.92 Å². The van der Waals surface area contributed by atoms with Gasteiger partial charge in [-0.2, -0.15) is 0 Å². The minimum absolute atomic E-state index is 0.113. The average Bonchev–Trinajstić information content (AvgIpc) is 2.35. The monoisotopic (exact) mass is 270 g/mol. The van der Waals surface area contributed by atoms with Crippen LogP contribution >= 0.6 is 11.8 Å². The second-order valence-corrected chi connectivity index (χ2v) is 4.94. The topological polar surface area (TPSA) is 93.3 Å². The molecule has 7 heteroatoms. The van der Waals surface area contributed by atoms with Gasteiger partial charge in [-0.1, -0.05) is 20.3 Å². The molecule has 1 aromatic rings. The van der Waals surface area contributed by atoms with Gasteiger partial charge in [0.1, 0.15) is 11.2 Å². The van der Waals surface area contributed by atoms with Gasteiger partial charge in [0.15, 0.2) is 0 Å². The molecule has 1 N–H and O–H groups in total. The number of nitro groups is 1. The summed E-state index contributed by atoms with van der Waals surface area (Å²) in [5.74, 6) is -0.0202. The Hall–Kier alpha value is -1.63.